The van der Waals surface area contributed by atoms with Crippen molar-refractivity contribution in [3.8, 4) is 0 Å². The van der Waals surface area contributed by atoms with Crippen LogP contribution in [-0.4, -0.2) is 41.0 Å². The molecule has 0 aliphatic heterocycles. The predicted octanol–water partition coefficient (Wildman–Crippen LogP) is 14.6. The number of amides is 1. The zero-order valence-corrected chi connectivity index (χ0v) is 37.4. The van der Waals surface area contributed by atoms with Crippen LogP contribution in [0.1, 0.15) is 278 Å². The summed E-state index contributed by atoms with van der Waals surface area (Å²) in [6.45, 7) is 7.22. The first-order chi connectivity index (χ1) is 26.8. The van der Waals surface area contributed by atoms with Crippen LogP contribution in [0.4, 0.5) is 0 Å². The molecule has 0 saturated heterocycles. The van der Waals surface area contributed by atoms with Crippen molar-refractivity contribution >= 4 is 17.7 Å². The van der Waals surface area contributed by atoms with Gasteiger partial charge in [-0.15, -0.1) is 0 Å². The number of carbonyl (C=O) groups excluding carboxylic acids is 3. The Morgan fingerprint density at radius 2 is 0.709 bits per heavy atom. The maximum Gasteiger partial charge on any atom is 0.302 e. The first-order valence-corrected chi connectivity index (χ1v) is 24.5. The Morgan fingerprint density at radius 3 is 0.982 bits per heavy atom. The lowest BCUT2D eigenvalue weighted by atomic mass is 9.96. The lowest BCUT2D eigenvalue weighted by Crippen LogP contribution is -2.54. The monoisotopic (exact) mass is 778 g/mol. The highest BCUT2D eigenvalue weighted by Gasteiger charge is 2.34. The molecule has 55 heavy (non-hydrogen) atoms. The molecule has 3 atom stereocenters. The van der Waals surface area contributed by atoms with Gasteiger partial charge in [0.1, 0.15) is 12.2 Å². The van der Waals surface area contributed by atoms with Crippen LogP contribution in [0, 0.1) is 0 Å². The highest BCUT2D eigenvalue weighted by atomic mass is 16.5. The van der Waals surface area contributed by atoms with E-state index in [1.807, 2.05) is 0 Å². The van der Waals surface area contributed by atoms with E-state index in [-0.39, 0.29) is 5.91 Å². The summed E-state index contributed by atoms with van der Waals surface area (Å²) in [6.07, 6.45) is 47.0. The summed E-state index contributed by atoms with van der Waals surface area (Å²) in [5.74, 6) is -1.07. The van der Waals surface area contributed by atoms with E-state index in [1.165, 1.54) is 213 Å². The van der Waals surface area contributed by atoms with Crippen LogP contribution in [0.15, 0.2) is 0 Å². The molecule has 0 fully saturated rings. The lowest BCUT2D eigenvalue weighted by molar-refractivity contribution is -0.153. The van der Waals surface area contributed by atoms with E-state index in [9.17, 15) is 19.5 Å². The molecule has 0 aromatic carbocycles. The van der Waals surface area contributed by atoms with Gasteiger partial charge in [0, 0.05) is 13.3 Å². The molecule has 0 aliphatic carbocycles. The number of ether oxygens (including phenoxy) is 1. The number of nitrogens with one attached hydrogen (secondary N) is 1. The molecule has 6 nitrogen and oxygen atoms in total. The highest BCUT2D eigenvalue weighted by molar-refractivity contribution is 5.83. The van der Waals surface area contributed by atoms with Gasteiger partial charge in [-0.05, 0) is 26.2 Å². The highest BCUT2D eigenvalue weighted by Crippen LogP contribution is 2.19. The minimum Gasteiger partial charge on any atom is -0.460 e. The summed E-state index contributed by atoms with van der Waals surface area (Å²) < 4.78 is 5.59. The van der Waals surface area contributed by atoms with Crippen molar-refractivity contribution in [3.63, 3.8) is 0 Å². The third-order valence-electron chi connectivity index (χ3n) is 11.7. The van der Waals surface area contributed by atoms with Crippen molar-refractivity contribution < 1.29 is 24.2 Å². The van der Waals surface area contributed by atoms with E-state index in [2.05, 4.69) is 19.2 Å². The average molecular weight is 778 g/mol. The van der Waals surface area contributed by atoms with Crippen LogP contribution < -0.4 is 5.32 Å². The number of ketones is 1. The molecule has 2 N–H and O–H groups in total. The topological polar surface area (TPSA) is 92.7 Å². The average Bonchev–Trinajstić information content (AvgIpc) is 3.16. The second-order valence-corrected chi connectivity index (χ2v) is 17.2. The molecular weight excluding hydrogens is 683 g/mol. The van der Waals surface area contributed by atoms with Crippen LogP contribution in [-0.2, 0) is 19.1 Å². The van der Waals surface area contributed by atoms with Gasteiger partial charge in [-0.2, -0.15) is 0 Å². The normalized spacial score (nSPS) is 13.1. The fourth-order valence-electron chi connectivity index (χ4n) is 8.02. The summed E-state index contributed by atoms with van der Waals surface area (Å²) in [5, 5.41) is 13.6. The maximum absolute atomic E-state index is 12.9. The molecule has 0 rings (SSSR count). The SMILES string of the molecule is CCCCCCCCCCCCCCCCCCCCCCCCC(=O)NC(C(CCCCCCCCCCCCCCCCC)OC(C)=O)C(O)C(C)=O. The van der Waals surface area contributed by atoms with Crippen LogP contribution in [0.2, 0.25) is 0 Å². The second-order valence-electron chi connectivity index (χ2n) is 17.2. The van der Waals surface area contributed by atoms with Gasteiger partial charge in [-0.25, -0.2) is 0 Å². The van der Waals surface area contributed by atoms with Crippen LogP contribution in [0.25, 0.3) is 0 Å². The smallest absolute Gasteiger partial charge is 0.302 e. The van der Waals surface area contributed by atoms with Gasteiger partial charge in [0.15, 0.2) is 5.78 Å². The molecular formula is C49H95NO5. The summed E-state index contributed by atoms with van der Waals surface area (Å²) in [7, 11) is 0. The van der Waals surface area contributed by atoms with Crippen molar-refractivity contribution in [2.45, 2.75) is 296 Å². The molecule has 0 spiro atoms. The number of Topliss-reactive ketones (excluding diaryl/α,β-unsaturated/α-hetero) is 1. The van der Waals surface area contributed by atoms with E-state index >= 15 is 0 Å². The van der Waals surface area contributed by atoms with Gasteiger partial charge in [-0.3, -0.25) is 14.4 Å². The first kappa shape index (κ1) is 53.6. The number of hydrogen-bond acceptors (Lipinski definition) is 5. The number of aliphatic hydroxyl groups excluding tert-OH is 1. The summed E-state index contributed by atoms with van der Waals surface area (Å²) >= 11 is 0. The third-order valence-corrected chi connectivity index (χ3v) is 11.7. The molecule has 1 amide bonds. The van der Waals surface area contributed by atoms with Crippen molar-refractivity contribution in [1.29, 1.82) is 0 Å². The quantitative estimate of drug-likeness (QED) is 0.0475. The molecule has 0 bridgehead atoms. The zero-order valence-electron chi connectivity index (χ0n) is 37.4. The Kier molecular flexibility index (Phi) is 41.1. The van der Waals surface area contributed by atoms with Gasteiger partial charge < -0.3 is 15.2 Å². The molecule has 0 aliphatic rings. The van der Waals surface area contributed by atoms with Gasteiger partial charge in [0.2, 0.25) is 5.91 Å². The van der Waals surface area contributed by atoms with E-state index in [0.29, 0.717) is 12.8 Å². The number of esters is 1. The molecule has 6 heteroatoms. The second kappa shape index (κ2) is 42.2. The Morgan fingerprint density at radius 1 is 0.436 bits per heavy atom. The molecule has 326 valence electrons. The maximum atomic E-state index is 12.9. The molecule has 0 saturated carbocycles. The fraction of sp³-hybridized carbons (Fsp3) is 0.939. The largest absolute Gasteiger partial charge is 0.460 e. The van der Waals surface area contributed by atoms with Gasteiger partial charge in [-0.1, -0.05) is 239 Å². The molecule has 0 heterocycles. The Bertz CT molecular complexity index is 847. The van der Waals surface area contributed by atoms with E-state index in [4.69, 9.17) is 4.74 Å². The Hall–Kier alpha value is -1.43. The minimum atomic E-state index is -1.39. The fourth-order valence-corrected chi connectivity index (χ4v) is 8.02. The molecule has 3 unspecified atom stereocenters. The minimum absolute atomic E-state index is 0.188. The van der Waals surface area contributed by atoms with Gasteiger partial charge >= 0.3 is 5.97 Å². The molecule has 0 aromatic heterocycles. The molecule has 0 radical (unpaired) electrons. The van der Waals surface area contributed by atoms with E-state index in [0.717, 1.165) is 38.5 Å². The van der Waals surface area contributed by atoms with Crippen LogP contribution in [0.5, 0.6) is 0 Å². The standard InChI is InChI=1S/C49H95NO5/c1-5-7-9-11-13-15-17-19-21-22-23-24-25-26-27-29-31-33-35-37-39-41-43-47(53)50-48(49(54)44(3)51)46(55-45(4)52)42-40-38-36-34-32-30-28-20-18-16-14-12-10-8-6-2/h46,48-49,54H,5-43H2,1-4H3,(H,50,53). The first-order valence-electron chi connectivity index (χ1n) is 24.5. The van der Waals surface area contributed by atoms with Crippen molar-refractivity contribution in [2.75, 3.05) is 0 Å². The number of unbranched alkanes of at least 4 members (excludes halogenated alkanes) is 35. The number of hydrogen-bond donors (Lipinski definition) is 2. The molecule has 0 aromatic rings. The van der Waals surface area contributed by atoms with Gasteiger partial charge in [0.25, 0.3) is 0 Å². The predicted molar refractivity (Wildman–Crippen MR) is 236 cm³/mol. The number of rotatable bonds is 44. The van der Waals surface area contributed by atoms with Gasteiger partial charge in [0.05, 0.1) is 6.04 Å². The summed E-state index contributed by atoms with van der Waals surface area (Å²) in [6, 6.07) is -0.916. The van der Waals surface area contributed by atoms with Crippen LogP contribution in [0.3, 0.4) is 0 Å². The number of aliphatic hydroxyl groups is 1. The van der Waals surface area contributed by atoms with Crippen LogP contribution >= 0.6 is 0 Å². The Labute approximate surface area is 342 Å². The third kappa shape index (κ3) is 37.9. The van der Waals surface area contributed by atoms with Crippen molar-refractivity contribution in [2.24, 2.45) is 0 Å². The lowest BCUT2D eigenvalue weighted by Gasteiger charge is -2.30. The van der Waals surface area contributed by atoms with E-state index in [1.54, 1.807) is 0 Å². The number of carbonyl (C=O) groups is 3. The van der Waals surface area contributed by atoms with Crippen molar-refractivity contribution in [3.05, 3.63) is 0 Å². The van der Waals surface area contributed by atoms with E-state index < -0.39 is 30.0 Å². The van der Waals surface area contributed by atoms with Crippen molar-refractivity contribution in [1.82, 2.24) is 5.32 Å². The Balaban J connectivity index is 4.02. The zero-order chi connectivity index (χ0) is 40.5. The summed E-state index contributed by atoms with van der Waals surface area (Å²) in [5.41, 5.74) is 0. The summed E-state index contributed by atoms with van der Waals surface area (Å²) in [4.78, 5) is 37.1.